The average molecular weight is 361 g/mol. The van der Waals surface area contributed by atoms with Crippen LogP contribution in [-0.4, -0.2) is 17.7 Å². The molecule has 0 saturated carbocycles. The van der Waals surface area contributed by atoms with Crippen molar-refractivity contribution in [3.05, 3.63) is 77.5 Å². The number of benzene rings is 2. The lowest BCUT2D eigenvalue weighted by molar-refractivity contribution is 0.102. The Labute approximate surface area is 157 Å². The van der Waals surface area contributed by atoms with E-state index in [1.807, 2.05) is 6.07 Å². The van der Waals surface area contributed by atoms with Crippen LogP contribution in [0, 0.1) is 6.92 Å². The van der Waals surface area contributed by atoms with E-state index in [0.717, 1.165) is 5.69 Å². The van der Waals surface area contributed by atoms with Crippen LogP contribution in [0.3, 0.4) is 0 Å². The summed E-state index contributed by atoms with van der Waals surface area (Å²) in [4.78, 5) is 16.7. The SMILES string of the molecule is Cc1ccc(CNc2ccc(NC(=O)c3ccc4c(c3)OCO4)nc2)cc1. The monoisotopic (exact) mass is 361 g/mol. The molecule has 0 spiro atoms. The van der Waals surface area contributed by atoms with Crippen molar-refractivity contribution >= 4 is 17.4 Å². The zero-order valence-electron chi connectivity index (χ0n) is 14.9. The van der Waals surface area contributed by atoms with Crippen LogP contribution >= 0.6 is 0 Å². The van der Waals surface area contributed by atoms with Crippen molar-refractivity contribution < 1.29 is 14.3 Å². The predicted molar refractivity (Wildman–Crippen MR) is 103 cm³/mol. The molecule has 0 atom stereocenters. The number of amides is 1. The molecule has 6 heteroatoms. The van der Waals surface area contributed by atoms with Gasteiger partial charge in [0.05, 0.1) is 11.9 Å². The van der Waals surface area contributed by atoms with E-state index in [1.165, 1.54) is 11.1 Å². The van der Waals surface area contributed by atoms with Gasteiger partial charge in [0.2, 0.25) is 6.79 Å². The smallest absolute Gasteiger partial charge is 0.256 e. The molecule has 0 aliphatic carbocycles. The van der Waals surface area contributed by atoms with Crippen molar-refractivity contribution in [2.24, 2.45) is 0 Å². The lowest BCUT2D eigenvalue weighted by Gasteiger charge is -2.09. The van der Waals surface area contributed by atoms with Gasteiger partial charge in [0.1, 0.15) is 5.82 Å². The Balaban J connectivity index is 1.36. The van der Waals surface area contributed by atoms with Gasteiger partial charge in [0.15, 0.2) is 11.5 Å². The van der Waals surface area contributed by atoms with Gasteiger partial charge < -0.3 is 20.1 Å². The number of nitrogens with one attached hydrogen (secondary N) is 2. The van der Waals surface area contributed by atoms with Gasteiger partial charge in [-0.15, -0.1) is 0 Å². The molecule has 1 aliphatic rings. The second-order valence-electron chi connectivity index (χ2n) is 6.29. The molecule has 0 radical (unpaired) electrons. The summed E-state index contributed by atoms with van der Waals surface area (Å²) in [5.74, 6) is 1.46. The molecule has 1 aliphatic heterocycles. The molecule has 0 bridgehead atoms. The van der Waals surface area contributed by atoms with Crippen LogP contribution in [0.1, 0.15) is 21.5 Å². The molecule has 0 fully saturated rings. The van der Waals surface area contributed by atoms with E-state index < -0.39 is 0 Å². The highest BCUT2D eigenvalue weighted by atomic mass is 16.7. The van der Waals surface area contributed by atoms with E-state index >= 15 is 0 Å². The Kier molecular flexibility index (Phi) is 4.61. The van der Waals surface area contributed by atoms with Crippen LogP contribution < -0.4 is 20.1 Å². The van der Waals surface area contributed by atoms with Crippen LogP contribution in [0.25, 0.3) is 0 Å². The maximum atomic E-state index is 12.4. The highest BCUT2D eigenvalue weighted by Crippen LogP contribution is 2.32. The maximum absolute atomic E-state index is 12.4. The Hall–Kier alpha value is -3.54. The van der Waals surface area contributed by atoms with E-state index in [4.69, 9.17) is 9.47 Å². The van der Waals surface area contributed by atoms with Crippen LogP contribution in [0.4, 0.5) is 11.5 Å². The van der Waals surface area contributed by atoms with Gasteiger partial charge in [0, 0.05) is 12.1 Å². The lowest BCUT2D eigenvalue weighted by Crippen LogP contribution is -2.13. The minimum Gasteiger partial charge on any atom is -0.454 e. The van der Waals surface area contributed by atoms with E-state index in [-0.39, 0.29) is 12.7 Å². The molecule has 136 valence electrons. The minimum atomic E-state index is -0.249. The number of nitrogens with zero attached hydrogens (tertiary/aromatic N) is 1. The second kappa shape index (κ2) is 7.37. The largest absolute Gasteiger partial charge is 0.454 e. The fourth-order valence-electron chi connectivity index (χ4n) is 2.71. The van der Waals surface area contributed by atoms with Gasteiger partial charge >= 0.3 is 0 Å². The number of hydrogen-bond donors (Lipinski definition) is 2. The standard InChI is InChI=1S/C21H19N3O3/c1-14-2-4-15(5-3-14)11-22-17-7-9-20(23-12-17)24-21(25)16-6-8-18-19(10-16)27-13-26-18/h2-10,12,22H,11,13H2,1H3,(H,23,24,25). The van der Waals surface area contributed by atoms with Gasteiger partial charge in [-0.2, -0.15) is 0 Å². The van der Waals surface area contributed by atoms with Crippen LogP contribution in [-0.2, 0) is 6.54 Å². The molecule has 6 nitrogen and oxygen atoms in total. The summed E-state index contributed by atoms with van der Waals surface area (Å²) < 4.78 is 10.6. The fourth-order valence-corrected chi connectivity index (χ4v) is 2.71. The summed E-state index contributed by atoms with van der Waals surface area (Å²) in [5, 5.41) is 6.10. The zero-order valence-corrected chi connectivity index (χ0v) is 14.9. The number of carbonyl (C=O) groups excluding carboxylic acids is 1. The molecule has 2 N–H and O–H groups in total. The number of aromatic nitrogens is 1. The van der Waals surface area contributed by atoms with Gasteiger partial charge in [-0.25, -0.2) is 4.98 Å². The molecule has 1 amide bonds. The predicted octanol–water partition coefficient (Wildman–Crippen LogP) is 3.98. The van der Waals surface area contributed by atoms with E-state index in [0.29, 0.717) is 29.4 Å². The van der Waals surface area contributed by atoms with Gasteiger partial charge in [-0.1, -0.05) is 29.8 Å². The van der Waals surface area contributed by atoms with Crippen molar-refractivity contribution in [3.63, 3.8) is 0 Å². The molecule has 2 aromatic carbocycles. The molecular formula is C21H19N3O3. The third kappa shape index (κ3) is 4.00. The molecule has 4 rings (SSSR count). The summed E-state index contributed by atoms with van der Waals surface area (Å²) in [6.45, 7) is 2.96. The van der Waals surface area contributed by atoms with Crippen LogP contribution in [0.2, 0.25) is 0 Å². The first-order valence-electron chi connectivity index (χ1n) is 8.64. The van der Waals surface area contributed by atoms with E-state index in [1.54, 1.807) is 30.5 Å². The molecular weight excluding hydrogens is 342 g/mol. The fraction of sp³-hybridized carbons (Fsp3) is 0.143. The highest BCUT2D eigenvalue weighted by molar-refractivity contribution is 6.04. The maximum Gasteiger partial charge on any atom is 0.256 e. The Morgan fingerprint density at radius 1 is 1.04 bits per heavy atom. The first kappa shape index (κ1) is 16.9. The van der Waals surface area contributed by atoms with E-state index in [9.17, 15) is 4.79 Å². The summed E-state index contributed by atoms with van der Waals surface area (Å²) >= 11 is 0. The highest BCUT2D eigenvalue weighted by Gasteiger charge is 2.16. The number of pyridine rings is 1. The van der Waals surface area contributed by atoms with Crippen molar-refractivity contribution in [1.82, 2.24) is 4.98 Å². The molecule has 3 aromatic rings. The molecule has 1 aromatic heterocycles. The number of rotatable bonds is 5. The Morgan fingerprint density at radius 3 is 2.63 bits per heavy atom. The molecule has 27 heavy (non-hydrogen) atoms. The quantitative estimate of drug-likeness (QED) is 0.719. The average Bonchev–Trinajstić information content (AvgIpc) is 3.16. The van der Waals surface area contributed by atoms with E-state index in [2.05, 4.69) is 46.8 Å². The van der Waals surface area contributed by atoms with Crippen molar-refractivity contribution in [2.75, 3.05) is 17.4 Å². The Morgan fingerprint density at radius 2 is 1.85 bits per heavy atom. The summed E-state index contributed by atoms with van der Waals surface area (Å²) in [6, 6.07) is 17.1. The molecule has 0 saturated heterocycles. The van der Waals surface area contributed by atoms with Crippen molar-refractivity contribution in [1.29, 1.82) is 0 Å². The van der Waals surface area contributed by atoms with Crippen molar-refractivity contribution in [3.8, 4) is 11.5 Å². The molecule has 0 unspecified atom stereocenters. The first-order valence-corrected chi connectivity index (χ1v) is 8.64. The van der Waals surface area contributed by atoms with Crippen molar-refractivity contribution in [2.45, 2.75) is 13.5 Å². The summed E-state index contributed by atoms with van der Waals surface area (Å²) in [6.07, 6.45) is 1.70. The zero-order chi connectivity index (χ0) is 18.6. The van der Waals surface area contributed by atoms with Crippen LogP contribution in [0.5, 0.6) is 11.5 Å². The number of hydrogen-bond acceptors (Lipinski definition) is 5. The van der Waals surface area contributed by atoms with Gasteiger partial charge in [-0.05, 0) is 42.8 Å². The number of anilines is 2. The van der Waals surface area contributed by atoms with Gasteiger partial charge in [0.25, 0.3) is 5.91 Å². The number of ether oxygens (including phenoxy) is 2. The summed E-state index contributed by atoms with van der Waals surface area (Å²) in [7, 11) is 0. The van der Waals surface area contributed by atoms with Crippen LogP contribution in [0.15, 0.2) is 60.8 Å². The first-order chi connectivity index (χ1) is 13.2. The topological polar surface area (TPSA) is 72.5 Å². The number of aryl methyl sites for hydroxylation is 1. The summed E-state index contributed by atoms with van der Waals surface area (Å²) in [5.41, 5.74) is 3.81. The third-order valence-corrected chi connectivity index (χ3v) is 4.26. The second-order valence-corrected chi connectivity index (χ2v) is 6.29. The third-order valence-electron chi connectivity index (χ3n) is 4.26. The normalized spacial score (nSPS) is 11.9. The minimum absolute atomic E-state index is 0.180. The Bertz CT molecular complexity index is 953. The lowest BCUT2D eigenvalue weighted by atomic mass is 10.1. The van der Waals surface area contributed by atoms with Gasteiger partial charge in [-0.3, -0.25) is 4.79 Å². The number of carbonyl (C=O) groups is 1. The number of fused-ring (bicyclic) bond motifs is 1. The molecule has 2 heterocycles.